The van der Waals surface area contributed by atoms with Crippen LogP contribution in [-0.4, -0.2) is 51.9 Å². The Balaban J connectivity index is 1.64. The minimum Gasteiger partial charge on any atom is -0.353 e. The number of benzene rings is 1. The number of para-hydroxylation sites is 1. The van der Waals surface area contributed by atoms with E-state index >= 15 is 0 Å². The zero-order chi connectivity index (χ0) is 20.3. The van der Waals surface area contributed by atoms with Crippen LogP contribution in [0.3, 0.4) is 0 Å². The van der Waals surface area contributed by atoms with E-state index in [-0.39, 0.29) is 23.9 Å². The van der Waals surface area contributed by atoms with E-state index in [1.807, 2.05) is 13.0 Å². The van der Waals surface area contributed by atoms with Crippen LogP contribution in [0.4, 0.5) is 11.5 Å². The van der Waals surface area contributed by atoms with Crippen molar-refractivity contribution in [2.75, 3.05) is 31.1 Å². The molecular weight excluding hydrogens is 358 g/mol. The van der Waals surface area contributed by atoms with E-state index < -0.39 is 4.92 Å². The SMILES string of the molecule is Cc1cc(N2CCN(C(=O)Cc3ccccc3[N+](=O)[O-])CC2)nc(C(C)C)n1. The van der Waals surface area contributed by atoms with Crippen LogP contribution in [0.2, 0.25) is 0 Å². The maximum Gasteiger partial charge on any atom is 0.273 e. The van der Waals surface area contributed by atoms with Gasteiger partial charge in [0.15, 0.2) is 0 Å². The zero-order valence-corrected chi connectivity index (χ0v) is 16.5. The number of nitro groups is 1. The molecule has 8 heteroatoms. The summed E-state index contributed by atoms with van der Waals surface area (Å²) in [4.78, 5) is 36.4. The minimum absolute atomic E-state index is 0.00726. The normalized spacial score (nSPS) is 14.4. The van der Waals surface area contributed by atoms with Gasteiger partial charge in [-0.25, -0.2) is 9.97 Å². The molecule has 0 aliphatic carbocycles. The lowest BCUT2D eigenvalue weighted by molar-refractivity contribution is -0.385. The number of carbonyl (C=O) groups is 1. The van der Waals surface area contributed by atoms with Crippen LogP contribution in [0.1, 0.15) is 36.8 Å². The first-order valence-corrected chi connectivity index (χ1v) is 9.45. The molecular formula is C20H25N5O3. The highest BCUT2D eigenvalue weighted by Gasteiger charge is 2.24. The summed E-state index contributed by atoms with van der Waals surface area (Å²) in [5, 5.41) is 11.1. The van der Waals surface area contributed by atoms with Crippen LogP contribution >= 0.6 is 0 Å². The standard InChI is InChI=1S/C20H25N5O3/c1-14(2)20-21-15(3)12-18(22-20)23-8-10-24(11-9-23)19(26)13-16-6-4-5-7-17(16)25(27)28/h4-7,12,14H,8-11,13H2,1-3H3. The number of hydrogen-bond acceptors (Lipinski definition) is 6. The van der Waals surface area contributed by atoms with Crippen molar-refractivity contribution in [2.24, 2.45) is 0 Å². The second-order valence-electron chi connectivity index (χ2n) is 7.31. The predicted molar refractivity (Wildman–Crippen MR) is 106 cm³/mol. The lowest BCUT2D eigenvalue weighted by atomic mass is 10.1. The van der Waals surface area contributed by atoms with Gasteiger partial charge in [0.2, 0.25) is 5.91 Å². The second kappa shape index (κ2) is 8.33. The number of carbonyl (C=O) groups excluding carboxylic acids is 1. The van der Waals surface area contributed by atoms with E-state index in [1.54, 1.807) is 23.1 Å². The van der Waals surface area contributed by atoms with Gasteiger partial charge in [0.1, 0.15) is 11.6 Å². The number of rotatable bonds is 5. The van der Waals surface area contributed by atoms with Crippen LogP contribution in [0.15, 0.2) is 30.3 Å². The fourth-order valence-corrected chi connectivity index (χ4v) is 3.29. The first-order valence-electron chi connectivity index (χ1n) is 9.45. The van der Waals surface area contributed by atoms with E-state index in [9.17, 15) is 14.9 Å². The average Bonchev–Trinajstić information content (AvgIpc) is 2.67. The molecule has 28 heavy (non-hydrogen) atoms. The Morgan fingerprint density at radius 3 is 2.50 bits per heavy atom. The van der Waals surface area contributed by atoms with E-state index in [0.717, 1.165) is 17.3 Å². The van der Waals surface area contributed by atoms with Crippen molar-refractivity contribution in [1.29, 1.82) is 0 Å². The Kier molecular flexibility index (Phi) is 5.87. The quantitative estimate of drug-likeness (QED) is 0.582. The summed E-state index contributed by atoms with van der Waals surface area (Å²) < 4.78 is 0. The molecule has 2 aromatic rings. The number of aryl methyl sites for hydroxylation is 1. The molecule has 0 spiro atoms. The molecule has 0 atom stereocenters. The molecule has 2 heterocycles. The Labute approximate surface area is 164 Å². The van der Waals surface area contributed by atoms with E-state index in [0.29, 0.717) is 31.7 Å². The fourth-order valence-electron chi connectivity index (χ4n) is 3.29. The van der Waals surface area contributed by atoms with Crippen LogP contribution in [-0.2, 0) is 11.2 Å². The maximum absolute atomic E-state index is 12.6. The first kappa shape index (κ1) is 19.7. The van der Waals surface area contributed by atoms with Crippen LogP contribution in [0.25, 0.3) is 0 Å². The second-order valence-corrected chi connectivity index (χ2v) is 7.31. The highest BCUT2D eigenvalue weighted by atomic mass is 16.6. The van der Waals surface area contributed by atoms with Gasteiger partial charge in [0, 0.05) is 55.5 Å². The van der Waals surface area contributed by atoms with Crippen molar-refractivity contribution >= 4 is 17.4 Å². The molecule has 1 aromatic carbocycles. The minimum atomic E-state index is -0.440. The van der Waals surface area contributed by atoms with Gasteiger partial charge in [-0.15, -0.1) is 0 Å². The third kappa shape index (κ3) is 4.44. The van der Waals surface area contributed by atoms with E-state index in [4.69, 9.17) is 0 Å². The maximum atomic E-state index is 12.6. The van der Waals surface area contributed by atoms with Crippen molar-refractivity contribution < 1.29 is 9.72 Å². The van der Waals surface area contributed by atoms with Crippen LogP contribution in [0.5, 0.6) is 0 Å². The molecule has 1 aliphatic heterocycles. The van der Waals surface area contributed by atoms with Crippen LogP contribution < -0.4 is 4.90 Å². The molecule has 0 unspecified atom stereocenters. The number of amides is 1. The lowest BCUT2D eigenvalue weighted by Gasteiger charge is -2.35. The largest absolute Gasteiger partial charge is 0.353 e. The molecule has 148 valence electrons. The Hall–Kier alpha value is -3.03. The van der Waals surface area contributed by atoms with Gasteiger partial charge in [-0.2, -0.15) is 0 Å². The molecule has 0 N–H and O–H groups in total. The summed E-state index contributed by atoms with van der Waals surface area (Å²) in [5.41, 5.74) is 1.38. The topological polar surface area (TPSA) is 92.5 Å². The number of nitrogens with zero attached hydrogens (tertiary/aromatic N) is 5. The molecule has 1 aliphatic rings. The monoisotopic (exact) mass is 383 g/mol. The number of hydrogen-bond donors (Lipinski definition) is 0. The smallest absolute Gasteiger partial charge is 0.273 e. The molecule has 0 saturated carbocycles. The molecule has 8 nitrogen and oxygen atoms in total. The molecule has 1 fully saturated rings. The van der Waals surface area contributed by atoms with Gasteiger partial charge in [0.25, 0.3) is 5.69 Å². The Bertz CT molecular complexity index is 876. The highest BCUT2D eigenvalue weighted by molar-refractivity contribution is 5.80. The van der Waals surface area contributed by atoms with Crippen LogP contribution in [0, 0.1) is 17.0 Å². The van der Waals surface area contributed by atoms with Gasteiger partial charge in [-0.3, -0.25) is 14.9 Å². The molecule has 0 bridgehead atoms. The van der Waals surface area contributed by atoms with Crippen molar-refractivity contribution in [3.05, 3.63) is 57.5 Å². The van der Waals surface area contributed by atoms with Crippen molar-refractivity contribution in [1.82, 2.24) is 14.9 Å². The van der Waals surface area contributed by atoms with Gasteiger partial charge in [-0.05, 0) is 6.92 Å². The first-order chi connectivity index (χ1) is 13.3. The van der Waals surface area contributed by atoms with Crippen molar-refractivity contribution in [2.45, 2.75) is 33.1 Å². The van der Waals surface area contributed by atoms with Gasteiger partial charge in [-0.1, -0.05) is 32.0 Å². The predicted octanol–water partition coefficient (Wildman–Crippen LogP) is 2.71. The number of nitro benzene ring substituents is 1. The summed E-state index contributed by atoms with van der Waals surface area (Å²) in [6, 6.07) is 8.38. The van der Waals surface area contributed by atoms with Crippen molar-refractivity contribution in [3.8, 4) is 0 Å². The van der Waals surface area contributed by atoms with E-state index in [2.05, 4.69) is 28.7 Å². The fraction of sp³-hybridized carbons (Fsp3) is 0.450. The Morgan fingerprint density at radius 1 is 1.18 bits per heavy atom. The number of piperazine rings is 1. The zero-order valence-electron chi connectivity index (χ0n) is 16.5. The molecule has 1 amide bonds. The summed E-state index contributed by atoms with van der Waals surface area (Å²) >= 11 is 0. The third-order valence-corrected chi connectivity index (χ3v) is 4.86. The lowest BCUT2D eigenvalue weighted by Crippen LogP contribution is -2.49. The van der Waals surface area contributed by atoms with Gasteiger partial charge >= 0.3 is 0 Å². The molecule has 1 aromatic heterocycles. The van der Waals surface area contributed by atoms with E-state index in [1.165, 1.54) is 6.07 Å². The Morgan fingerprint density at radius 2 is 1.86 bits per heavy atom. The van der Waals surface area contributed by atoms with Crippen molar-refractivity contribution in [3.63, 3.8) is 0 Å². The average molecular weight is 383 g/mol. The summed E-state index contributed by atoms with van der Waals surface area (Å²) in [6.07, 6.45) is 0.0429. The number of anilines is 1. The molecule has 1 saturated heterocycles. The summed E-state index contributed by atoms with van der Waals surface area (Å²) in [6.45, 7) is 8.59. The highest BCUT2D eigenvalue weighted by Crippen LogP contribution is 2.21. The molecule has 3 rings (SSSR count). The summed E-state index contributed by atoms with van der Waals surface area (Å²) in [5.74, 6) is 1.88. The third-order valence-electron chi connectivity index (χ3n) is 4.86. The van der Waals surface area contributed by atoms with Gasteiger partial charge in [0.05, 0.1) is 11.3 Å². The van der Waals surface area contributed by atoms with Gasteiger partial charge < -0.3 is 9.80 Å². The number of aromatic nitrogens is 2. The molecule has 0 radical (unpaired) electrons. The summed E-state index contributed by atoms with van der Waals surface area (Å²) in [7, 11) is 0.